The van der Waals surface area contributed by atoms with Crippen molar-refractivity contribution < 1.29 is 16.8 Å². The zero-order chi connectivity index (χ0) is 18.4. The summed E-state index contributed by atoms with van der Waals surface area (Å²) < 4.78 is 60.3. The van der Waals surface area contributed by atoms with Gasteiger partial charge in [-0.3, -0.25) is 0 Å². The average Bonchev–Trinajstić information content (AvgIpc) is 3.32. The lowest BCUT2D eigenvalue weighted by atomic mass is 10.2. The minimum Gasteiger partial charge on any atom is -0.229 e. The van der Waals surface area contributed by atoms with Gasteiger partial charge in [0.25, 0.3) is 0 Å². The van der Waals surface area contributed by atoms with E-state index in [1.54, 1.807) is 12.1 Å². The molecule has 0 aliphatic carbocycles. The lowest BCUT2D eigenvalue weighted by molar-refractivity contribution is 0.337. The van der Waals surface area contributed by atoms with E-state index in [1.165, 1.54) is 21.7 Å². The summed E-state index contributed by atoms with van der Waals surface area (Å²) in [5.74, 6) is -0.139. The van der Waals surface area contributed by atoms with Gasteiger partial charge in [0, 0.05) is 17.5 Å². The number of hydrogen-bond acceptors (Lipinski definition) is 8. The highest BCUT2D eigenvalue weighted by Gasteiger charge is 2.39. The van der Waals surface area contributed by atoms with Gasteiger partial charge in [-0.1, -0.05) is 12.1 Å². The molecule has 1 saturated heterocycles. The monoisotopic (exact) mass is 429 g/mol. The minimum atomic E-state index is -3.93. The average molecular weight is 430 g/mol. The number of thiophene rings is 1. The smallest absolute Gasteiger partial charge is 0.229 e. The van der Waals surface area contributed by atoms with Crippen LogP contribution in [0.2, 0.25) is 0 Å². The van der Waals surface area contributed by atoms with Crippen LogP contribution in [0.3, 0.4) is 0 Å². The van der Waals surface area contributed by atoms with E-state index in [4.69, 9.17) is 0 Å². The zero-order valence-corrected chi connectivity index (χ0v) is 16.7. The third-order valence-corrected chi connectivity index (χ3v) is 9.43. The van der Waals surface area contributed by atoms with Crippen molar-refractivity contribution in [3.05, 3.63) is 40.6 Å². The van der Waals surface area contributed by atoms with Crippen molar-refractivity contribution in [3.8, 4) is 0 Å². The van der Waals surface area contributed by atoms with Crippen LogP contribution in [0.15, 0.2) is 40.6 Å². The number of benzene rings is 1. The van der Waals surface area contributed by atoms with Crippen molar-refractivity contribution >= 4 is 54.0 Å². The number of sulfone groups is 1. The maximum Gasteiger partial charge on any atom is 0.245 e. The first-order chi connectivity index (χ1) is 12.4. The molecule has 1 aliphatic rings. The number of rotatable bonds is 5. The Labute approximate surface area is 159 Å². The number of hydrogen-bond donors (Lipinski definition) is 0. The summed E-state index contributed by atoms with van der Waals surface area (Å²) in [6.07, 6.45) is 0.304. The van der Waals surface area contributed by atoms with Crippen LogP contribution in [-0.4, -0.2) is 47.4 Å². The molecule has 0 unspecified atom stereocenters. The normalized spacial score (nSPS) is 20.1. The molecular weight excluding hydrogens is 414 g/mol. The predicted molar refractivity (Wildman–Crippen MR) is 102 cm³/mol. The molecule has 4 rings (SSSR count). The predicted octanol–water partition coefficient (Wildman–Crippen LogP) is 2.13. The summed E-state index contributed by atoms with van der Waals surface area (Å²) in [4.78, 5) is 0.936. The maximum atomic E-state index is 13.4. The van der Waals surface area contributed by atoms with Crippen molar-refractivity contribution in [1.29, 1.82) is 0 Å². The quantitative estimate of drug-likeness (QED) is 0.616. The third kappa shape index (κ3) is 3.29. The molecule has 1 fully saturated rings. The Kier molecular flexibility index (Phi) is 4.59. The highest BCUT2D eigenvalue weighted by Crippen LogP contribution is 2.31. The summed E-state index contributed by atoms with van der Waals surface area (Å²) in [6.45, 7) is 0.147. The highest BCUT2D eigenvalue weighted by atomic mass is 32.2. The van der Waals surface area contributed by atoms with Gasteiger partial charge in [0.15, 0.2) is 9.84 Å². The summed E-state index contributed by atoms with van der Waals surface area (Å²) in [6, 6.07) is 7.97. The number of nitrogens with zero attached hydrogens (tertiary/aromatic N) is 3. The molecule has 7 nitrogen and oxygen atoms in total. The molecule has 1 aromatic carbocycles. The molecule has 11 heteroatoms. The Morgan fingerprint density at radius 2 is 2.04 bits per heavy atom. The largest absolute Gasteiger partial charge is 0.245 e. The third-order valence-electron chi connectivity index (χ3n) is 4.34. The Morgan fingerprint density at radius 1 is 1.19 bits per heavy atom. The van der Waals surface area contributed by atoms with Crippen LogP contribution in [0.4, 0.5) is 0 Å². The van der Waals surface area contributed by atoms with Crippen LogP contribution in [0.1, 0.15) is 11.3 Å². The zero-order valence-electron chi connectivity index (χ0n) is 13.5. The second kappa shape index (κ2) is 6.64. The van der Waals surface area contributed by atoms with Crippen molar-refractivity contribution in [2.45, 2.75) is 23.9 Å². The Bertz CT molecular complexity index is 1140. The van der Waals surface area contributed by atoms with E-state index in [0.717, 1.165) is 16.6 Å². The Balaban J connectivity index is 1.80. The molecule has 0 bridgehead atoms. The molecule has 2 aromatic heterocycles. The lowest BCUT2D eigenvalue weighted by Crippen LogP contribution is -2.40. The van der Waals surface area contributed by atoms with Gasteiger partial charge < -0.3 is 0 Å². The summed E-state index contributed by atoms with van der Waals surface area (Å²) in [5.41, 5.74) is 0.848. The van der Waals surface area contributed by atoms with E-state index in [1.807, 2.05) is 17.5 Å². The molecule has 3 aromatic rings. The van der Waals surface area contributed by atoms with Gasteiger partial charge in [-0.05, 0) is 30.0 Å². The molecule has 1 atom stereocenters. The molecule has 138 valence electrons. The second-order valence-electron chi connectivity index (χ2n) is 6.07. The number of aromatic nitrogens is 2. The van der Waals surface area contributed by atoms with Crippen molar-refractivity contribution in [1.82, 2.24) is 13.1 Å². The van der Waals surface area contributed by atoms with E-state index < -0.39 is 25.9 Å². The Morgan fingerprint density at radius 3 is 2.73 bits per heavy atom. The van der Waals surface area contributed by atoms with Crippen molar-refractivity contribution in [2.24, 2.45) is 0 Å². The topological polar surface area (TPSA) is 97.3 Å². The minimum absolute atomic E-state index is 0.0105. The molecule has 0 saturated carbocycles. The van der Waals surface area contributed by atoms with Gasteiger partial charge in [-0.25, -0.2) is 16.8 Å². The van der Waals surface area contributed by atoms with Gasteiger partial charge in [-0.15, -0.1) is 11.3 Å². The van der Waals surface area contributed by atoms with Gasteiger partial charge in [0.1, 0.15) is 15.9 Å². The van der Waals surface area contributed by atoms with Gasteiger partial charge >= 0.3 is 0 Å². The van der Waals surface area contributed by atoms with Crippen LogP contribution in [0, 0.1) is 0 Å². The van der Waals surface area contributed by atoms with E-state index in [0.29, 0.717) is 17.5 Å². The molecule has 0 N–H and O–H groups in total. The van der Waals surface area contributed by atoms with E-state index in [9.17, 15) is 16.8 Å². The van der Waals surface area contributed by atoms with Crippen LogP contribution in [0.25, 0.3) is 11.0 Å². The van der Waals surface area contributed by atoms with Crippen LogP contribution in [-0.2, 0) is 26.4 Å². The molecule has 0 radical (unpaired) electrons. The van der Waals surface area contributed by atoms with Gasteiger partial charge in [0.05, 0.1) is 23.2 Å². The van der Waals surface area contributed by atoms with Crippen molar-refractivity contribution in [2.75, 3.05) is 11.5 Å². The first-order valence-electron chi connectivity index (χ1n) is 7.83. The van der Waals surface area contributed by atoms with E-state index in [2.05, 4.69) is 8.75 Å². The highest BCUT2D eigenvalue weighted by molar-refractivity contribution is 7.92. The summed E-state index contributed by atoms with van der Waals surface area (Å²) in [5, 5.41) is 1.87. The van der Waals surface area contributed by atoms with E-state index >= 15 is 0 Å². The Hall–Kier alpha value is -1.40. The number of sulfonamides is 1. The number of fused-ring (bicyclic) bond motifs is 1. The maximum absolute atomic E-state index is 13.4. The first kappa shape index (κ1) is 18.0. The molecular formula is C15H15N3O4S4. The van der Waals surface area contributed by atoms with Crippen molar-refractivity contribution in [3.63, 3.8) is 0 Å². The van der Waals surface area contributed by atoms with E-state index in [-0.39, 0.29) is 22.9 Å². The van der Waals surface area contributed by atoms with Crippen LogP contribution in [0.5, 0.6) is 0 Å². The second-order valence-corrected chi connectivity index (χ2v) is 11.7. The molecule has 1 aliphatic heterocycles. The van der Waals surface area contributed by atoms with Gasteiger partial charge in [-0.2, -0.15) is 13.1 Å². The molecule has 26 heavy (non-hydrogen) atoms. The fraction of sp³-hybridized carbons (Fsp3) is 0.333. The van der Waals surface area contributed by atoms with Crippen LogP contribution >= 0.6 is 23.1 Å². The van der Waals surface area contributed by atoms with Gasteiger partial charge in [0.2, 0.25) is 10.0 Å². The lowest BCUT2D eigenvalue weighted by Gasteiger charge is -2.27. The SMILES string of the molecule is O=S1(=O)CC[C@@H](N(Cc2cccs2)S(=O)(=O)c2cccc3nsnc23)C1. The summed E-state index contributed by atoms with van der Waals surface area (Å²) >= 11 is 2.40. The fourth-order valence-electron chi connectivity index (χ4n) is 3.08. The van der Waals surface area contributed by atoms with Crippen LogP contribution < -0.4 is 0 Å². The first-order valence-corrected chi connectivity index (χ1v) is 12.7. The molecule has 0 spiro atoms. The fourth-order valence-corrected chi connectivity index (χ4v) is 8.08. The summed E-state index contributed by atoms with van der Waals surface area (Å²) in [7, 11) is -7.15. The molecule has 0 amide bonds. The molecule has 3 heterocycles. The standard InChI is InChI=1S/C15H15N3O4S4/c19-25(20)8-6-11(10-25)18(9-12-3-2-7-23-12)26(21,22)14-5-1-4-13-15(14)17-24-16-13/h1-5,7,11H,6,8-10H2/t11-/m1/s1.